The summed E-state index contributed by atoms with van der Waals surface area (Å²) >= 11 is 0. The molecule has 138 valence electrons. The largest absolute Gasteiger partial charge is 0.497 e. The highest BCUT2D eigenvalue weighted by atomic mass is 32.2. The van der Waals surface area contributed by atoms with E-state index in [1.54, 1.807) is 73.8 Å². The topological polar surface area (TPSA) is 69.7 Å². The molecule has 0 aromatic heterocycles. The summed E-state index contributed by atoms with van der Waals surface area (Å²) in [7, 11) is -2.01. The van der Waals surface area contributed by atoms with E-state index in [0.717, 1.165) is 0 Å². The minimum absolute atomic E-state index is 0.0521. The third-order valence-corrected chi connectivity index (χ3v) is 5.77. The summed E-state index contributed by atoms with van der Waals surface area (Å²) in [6.07, 6.45) is 0. The number of benzene rings is 3. The highest BCUT2D eigenvalue weighted by Crippen LogP contribution is 2.21. The first-order valence-electron chi connectivity index (χ1n) is 8.21. The molecule has 0 aliphatic heterocycles. The third-order valence-electron chi connectivity index (χ3n) is 3.98. The van der Waals surface area contributed by atoms with Crippen LogP contribution in [-0.4, -0.2) is 21.5 Å². The van der Waals surface area contributed by atoms with Crippen LogP contribution < -0.4 is 4.74 Å². The van der Waals surface area contributed by atoms with Crippen LogP contribution in [0.4, 0.5) is 0 Å². The van der Waals surface area contributed by atoms with Gasteiger partial charge in [0.2, 0.25) is 9.84 Å². The van der Waals surface area contributed by atoms with Crippen molar-refractivity contribution in [1.29, 1.82) is 0 Å². The van der Waals surface area contributed by atoms with Crippen molar-refractivity contribution in [2.45, 2.75) is 16.4 Å². The average Bonchev–Trinajstić information content (AvgIpc) is 2.73. The van der Waals surface area contributed by atoms with Crippen LogP contribution >= 0.6 is 0 Å². The molecule has 0 radical (unpaired) electrons. The number of hydrogen-bond acceptors (Lipinski definition) is 5. The number of sulfone groups is 1. The van der Waals surface area contributed by atoms with Crippen molar-refractivity contribution in [2.75, 3.05) is 7.11 Å². The number of hydrogen-bond donors (Lipinski definition) is 0. The first-order valence-corrected chi connectivity index (χ1v) is 9.69. The number of carbonyl (C=O) groups excluding carboxylic acids is 1. The highest BCUT2D eigenvalue weighted by Gasteiger charge is 2.17. The maximum absolute atomic E-state index is 12.6. The van der Waals surface area contributed by atoms with Gasteiger partial charge in [-0.1, -0.05) is 30.3 Å². The maximum atomic E-state index is 12.6. The lowest BCUT2D eigenvalue weighted by Gasteiger charge is -2.08. The highest BCUT2D eigenvalue weighted by molar-refractivity contribution is 7.91. The van der Waals surface area contributed by atoms with Crippen LogP contribution in [0, 0.1) is 0 Å². The van der Waals surface area contributed by atoms with Crippen LogP contribution in [0.25, 0.3) is 0 Å². The van der Waals surface area contributed by atoms with E-state index in [4.69, 9.17) is 9.47 Å². The smallest absolute Gasteiger partial charge is 0.338 e. The van der Waals surface area contributed by atoms with E-state index in [1.807, 2.05) is 0 Å². The molecule has 0 bridgehead atoms. The molecular formula is C21H18O5S. The second-order valence-electron chi connectivity index (χ2n) is 5.77. The van der Waals surface area contributed by atoms with Gasteiger partial charge in [-0.2, -0.15) is 0 Å². The lowest BCUT2D eigenvalue weighted by molar-refractivity contribution is 0.0472. The Morgan fingerprint density at radius 2 is 1.41 bits per heavy atom. The first-order chi connectivity index (χ1) is 13.0. The van der Waals surface area contributed by atoms with Crippen LogP contribution in [0.3, 0.4) is 0 Å². The molecule has 0 amide bonds. The Bertz CT molecular complexity index is 1010. The Morgan fingerprint density at radius 3 is 2.00 bits per heavy atom. The molecule has 0 atom stereocenters. The van der Waals surface area contributed by atoms with Gasteiger partial charge in [0.15, 0.2) is 0 Å². The molecular weight excluding hydrogens is 364 g/mol. The molecule has 5 nitrogen and oxygen atoms in total. The van der Waals surface area contributed by atoms with Gasteiger partial charge in [0, 0.05) is 0 Å². The van der Waals surface area contributed by atoms with E-state index >= 15 is 0 Å². The van der Waals surface area contributed by atoms with Crippen molar-refractivity contribution in [3.63, 3.8) is 0 Å². The lowest BCUT2D eigenvalue weighted by Crippen LogP contribution is -2.06. The summed E-state index contributed by atoms with van der Waals surface area (Å²) < 4.78 is 35.4. The van der Waals surface area contributed by atoms with Gasteiger partial charge < -0.3 is 9.47 Å². The van der Waals surface area contributed by atoms with Crippen LogP contribution in [0.15, 0.2) is 88.7 Å². The summed E-state index contributed by atoms with van der Waals surface area (Å²) in [5.41, 5.74) is 1.11. The number of rotatable bonds is 6. The van der Waals surface area contributed by atoms with Crippen molar-refractivity contribution in [2.24, 2.45) is 0 Å². The summed E-state index contributed by atoms with van der Waals surface area (Å²) in [6.45, 7) is 0.0521. The van der Waals surface area contributed by atoms with Crippen molar-refractivity contribution in [3.05, 3.63) is 90.0 Å². The van der Waals surface area contributed by atoms with Crippen LogP contribution in [0.5, 0.6) is 5.75 Å². The first kappa shape index (κ1) is 18.7. The molecule has 0 aliphatic rings. The molecule has 0 heterocycles. The quantitative estimate of drug-likeness (QED) is 0.605. The van der Waals surface area contributed by atoms with Gasteiger partial charge in [0.25, 0.3) is 0 Å². The second kappa shape index (κ2) is 8.05. The standard InChI is InChI=1S/C21H18O5S/c1-25-18-11-9-17(10-12-18)21(22)26-15-16-7-13-20(14-8-16)27(23,24)19-5-3-2-4-6-19/h2-14H,15H2,1H3. The normalized spacial score (nSPS) is 11.0. The van der Waals surface area contributed by atoms with Crippen molar-refractivity contribution < 1.29 is 22.7 Å². The number of methoxy groups -OCH3 is 1. The summed E-state index contributed by atoms with van der Waals surface area (Å²) in [5, 5.41) is 0. The van der Waals surface area contributed by atoms with Gasteiger partial charge in [-0.3, -0.25) is 0 Å². The predicted molar refractivity (Wildman–Crippen MR) is 100 cm³/mol. The van der Waals surface area contributed by atoms with E-state index in [0.29, 0.717) is 16.9 Å². The van der Waals surface area contributed by atoms with Gasteiger partial charge >= 0.3 is 5.97 Å². The third kappa shape index (κ3) is 4.35. The zero-order valence-electron chi connectivity index (χ0n) is 14.7. The molecule has 0 aliphatic carbocycles. The molecule has 0 fully saturated rings. The Labute approximate surface area is 158 Å². The average molecular weight is 382 g/mol. The Morgan fingerprint density at radius 1 is 0.815 bits per heavy atom. The molecule has 3 aromatic carbocycles. The van der Waals surface area contributed by atoms with E-state index < -0.39 is 15.8 Å². The lowest BCUT2D eigenvalue weighted by atomic mass is 10.2. The minimum Gasteiger partial charge on any atom is -0.497 e. The zero-order valence-corrected chi connectivity index (χ0v) is 15.5. The van der Waals surface area contributed by atoms with Gasteiger partial charge in [0.05, 0.1) is 22.5 Å². The monoisotopic (exact) mass is 382 g/mol. The van der Waals surface area contributed by atoms with E-state index in [1.165, 1.54) is 12.1 Å². The van der Waals surface area contributed by atoms with Crippen LogP contribution in [0.2, 0.25) is 0 Å². The van der Waals surface area contributed by atoms with Crippen molar-refractivity contribution >= 4 is 15.8 Å². The van der Waals surface area contributed by atoms with Gasteiger partial charge in [-0.25, -0.2) is 13.2 Å². The van der Waals surface area contributed by atoms with Gasteiger partial charge in [-0.05, 0) is 54.1 Å². The molecule has 3 aromatic rings. The van der Waals surface area contributed by atoms with Crippen molar-refractivity contribution in [3.8, 4) is 5.75 Å². The predicted octanol–water partition coefficient (Wildman–Crippen LogP) is 3.89. The Balaban J connectivity index is 1.66. The van der Waals surface area contributed by atoms with E-state index in [2.05, 4.69) is 0 Å². The molecule has 6 heteroatoms. The maximum Gasteiger partial charge on any atom is 0.338 e. The zero-order chi connectivity index (χ0) is 19.3. The van der Waals surface area contributed by atoms with Crippen molar-refractivity contribution in [1.82, 2.24) is 0 Å². The second-order valence-corrected chi connectivity index (χ2v) is 7.71. The summed E-state index contributed by atoms with van der Waals surface area (Å²) in [4.78, 5) is 12.5. The SMILES string of the molecule is COc1ccc(C(=O)OCc2ccc(S(=O)(=O)c3ccccc3)cc2)cc1. The van der Waals surface area contributed by atoms with E-state index in [-0.39, 0.29) is 16.4 Å². The molecule has 0 unspecified atom stereocenters. The molecule has 0 spiro atoms. The summed E-state index contributed by atoms with van der Waals surface area (Å²) in [5.74, 6) is 0.195. The van der Waals surface area contributed by atoms with Gasteiger partial charge in [-0.15, -0.1) is 0 Å². The molecule has 0 saturated heterocycles. The van der Waals surface area contributed by atoms with Gasteiger partial charge in [0.1, 0.15) is 12.4 Å². The summed E-state index contributed by atoms with van der Waals surface area (Å²) in [6, 6.07) is 21.1. The number of carbonyl (C=O) groups is 1. The fourth-order valence-electron chi connectivity index (χ4n) is 2.46. The molecule has 0 saturated carbocycles. The fourth-order valence-corrected chi connectivity index (χ4v) is 3.74. The number of esters is 1. The van der Waals surface area contributed by atoms with E-state index in [9.17, 15) is 13.2 Å². The molecule has 3 rings (SSSR count). The fraction of sp³-hybridized carbons (Fsp3) is 0.0952. The molecule has 27 heavy (non-hydrogen) atoms. The van der Waals surface area contributed by atoms with Crippen LogP contribution in [-0.2, 0) is 21.2 Å². The Hall–Kier alpha value is -3.12. The molecule has 0 N–H and O–H groups in total. The Kier molecular flexibility index (Phi) is 5.57. The number of ether oxygens (including phenoxy) is 2. The minimum atomic E-state index is -3.56. The van der Waals surface area contributed by atoms with Crippen LogP contribution in [0.1, 0.15) is 15.9 Å².